The maximum atomic E-state index is 11.8. The van der Waals surface area contributed by atoms with Crippen molar-refractivity contribution in [3.05, 3.63) is 51.4 Å². The van der Waals surface area contributed by atoms with Gasteiger partial charge in [-0.15, -0.1) is 0 Å². The van der Waals surface area contributed by atoms with Crippen LogP contribution in [0.2, 0.25) is 0 Å². The van der Waals surface area contributed by atoms with Gasteiger partial charge in [0.25, 0.3) is 5.56 Å². The summed E-state index contributed by atoms with van der Waals surface area (Å²) in [4.78, 5) is 11.8. The number of H-pyrrole nitrogens is 1. The highest BCUT2D eigenvalue weighted by atomic mass is 16.1. The molecule has 1 aliphatic carbocycles. The van der Waals surface area contributed by atoms with Gasteiger partial charge in [-0.25, -0.2) is 0 Å². The second-order valence-electron chi connectivity index (χ2n) is 4.74. The summed E-state index contributed by atoms with van der Waals surface area (Å²) in [5.74, 6) is 0. The summed E-state index contributed by atoms with van der Waals surface area (Å²) in [5, 5.41) is 2.95. The molecule has 0 radical (unpaired) electrons. The molecule has 3 rings (SSSR count). The van der Waals surface area contributed by atoms with Crippen LogP contribution in [0.1, 0.15) is 29.7 Å². The fourth-order valence-corrected chi connectivity index (χ4v) is 2.53. The van der Waals surface area contributed by atoms with Gasteiger partial charge in [-0.05, 0) is 44.7 Å². The van der Waals surface area contributed by atoms with Crippen LogP contribution in [0.15, 0.2) is 29.1 Å². The minimum Gasteiger partial charge on any atom is -0.268 e. The van der Waals surface area contributed by atoms with Gasteiger partial charge in [-0.3, -0.25) is 14.6 Å². The predicted octanol–water partition coefficient (Wildman–Crippen LogP) is 2.35. The minimum atomic E-state index is 0.0836. The van der Waals surface area contributed by atoms with E-state index in [-0.39, 0.29) is 5.56 Å². The fraction of sp³-hybridized carbons (Fsp3) is 0.357. The zero-order chi connectivity index (χ0) is 11.8. The normalized spacial score (nSPS) is 14.6. The summed E-state index contributed by atoms with van der Waals surface area (Å²) in [7, 11) is 0. The summed E-state index contributed by atoms with van der Waals surface area (Å²) in [6.07, 6.45) is 4.23. The smallest absolute Gasteiger partial charge is 0.267 e. The van der Waals surface area contributed by atoms with Crippen LogP contribution in [0.5, 0.6) is 0 Å². The molecule has 3 nitrogen and oxygen atoms in total. The Bertz CT molecular complexity index is 590. The molecule has 88 valence electrons. The van der Waals surface area contributed by atoms with Crippen LogP contribution in [0.3, 0.4) is 0 Å². The van der Waals surface area contributed by atoms with E-state index in [0.29, 0.717) is 0 Å². The molecule has 2 aromatic rings. The van der Waals surface area contributed by atoms with Crippen molar-refractivity contribution >= 4 is 0 Å². The van der Waals surface area contributed by atoms with Crippen molar-refractivity contribution in [1.29, 1.82) is 0 Å². The summed E-state index contributed by atoms with van der Waals surface area (Å²) in [6.45, 7) is 2.07. The molecule has 0 bridgehead atoms. The van der Waals surface area contributed by atoms with Crippen molar-refractivity contribution in [2.45, 2.75) is 32.6 Å². The first kappa shape index (κ1) is 10.4. The number of aromatic amines is 1. The van der Waals surface area contributed by atoms with Crippen LogP contribution in [0.4, 0.5) is 0 Å². The Kier molecular flexibility index (Phi) is 2.39. The third-order valence-electron chi connectivity index (χ3n) is 3.49. The number of hydrogen-bond acceptors (Lipinski definition) is 1. The Morgan fingerprint density at radius 3 is 2.59 bits per heavy atom. The molecule has 0 unspecified atom stereocenters. The molecular weight excluding hydrogens is 212 g/mol. The number of fused-ring (bicyclic) bond motifs is 1. The van der Waals surface area contributed by atoms with E-state index in [1.54, 1.807) is 0 Å². The fourth-order valence-electron chi connectivity index (χ4n) is 2.53. The number of nitrogens with zero attached hydrogens (tertiary/aromatic N) is 1. The zero-order valence-electron chi connectivity index (χ0n) is 9.99. The highest BCUT2D eigenvalue weighted by Crippen LogP contribution is 2.20. The second-order valence-corrected chi connectivity index (χ2v) is 4.74. The van der Waals surface area contributed by atoms with Crippen molar-refractivity contribution in [2.24, 2.45) is 0 Å². The summed E-state index contributed by atoms with van der Waals surface area (Å²) in [6, 6.07) is 8.26. The lowest BCUT2D eigenvalue weighted by Gasteiger charge is -2.13. The van der Waals surface area contributed by atoms with E-state index in [4.69, 9.17) is 0 Å². The third-order valence-corrected chi connectivity index (χ3v) is 3.49. The number of aromatic nitrogens is 2. The van der Waals surface area contributed by atoms with E-state index < -0.39 is 0 Å². The van der Waals surface area contributed by atoms with Crippen LogP contribution in [-0.4, -0.2) is 9.78 Å². The Hall–Kier alpha value is -1.77. The number of rotatable bonds is 1. The second kappa shape index (κ2) is 3.91. The molecule has 1 aromatic heterocycles. The van der Waals surface area contributed by atoms with Gasteiger partial charge >= 0.3 is 0 Å². The van der Waals surface area contributed by atoms with Gasteiger partial charge in [0.2, 0.25) is 0 Å². The first-order valence-electron chi connectivity index (χ1n) is 6.15. The van der Waals surface area contributed by atoms with Gasteiger partial charge in [0.1, 0.15) is 0 Å². The van der Waals surface area contributed by atoms with Crippen LogP contribution in [0.25, 0.3) is 5.69 Å². The Balaban J connectivity index is 2.15. The quantitative estimate of drug-likeness (QED) is 0.799. The number of benzene rings is 1. The van der Waals surface area contributed by atoms with Gasteiger partial charge in [0, 0.05) is 11.3 Å². The summed E-state index contributed by atoms with van der Waals surface area (Å²) in [5.41, 5.74) is 4.52. The molecule has 0 saturated carbocycles. The van der Waals surface area contributed by atoms with E-state index in [2.05, 4.69) is 36.3 Å². The largest absolute Gasteiger partial charge is 0.268 e. The number of hydrogen-bond donors (Lipinski definition) is 1. The highest BCUT2D eigenvalue weighted by Gasteiger charge is 2.18. The Labute approximate surface area is 100 Å². The molecular formula is C14H16N2O. The van der Waals surface area contributed by atoms with Crippen molar-refractivity contribution in [1.82, 2.24) is 9.78 Å². The van der Waals surface area contributed by atoms with Crippen molar-refractivity contribution in [2.75, 3.05) is 0 Å². The SMILES string of the molecule is Cc1ccc(-n2[nH]c(=O)c3c2CCCC3)cc1. The van der Waals surface area contributed by atoms with E-state index in [1.165, 1.54) is 17.7 Å². The van der Waals surface area contributed by atoms with E-state index in [0.717, 1.165) is 30.5 Å². The van der Waals surface area contributed by atoms with Crippen LogP contribution in [-0.2, 0) is 12.8 Å². The average molecular weight is 228 g/mol. The molecule has 17 heavy (non-hydrogen) atoms. The van der Waals surface area contributed by atoms with Crippen molar-refractivity contribution < 1.29 is 0 Å². The molecule has 0 aliphatic heterocycles. The average Bonchev–Trinajstić information content (AvgIpc) is 2.69. The molecule has 0 fully saturated rings. The summed E-state index contributed by atoms with van der Waals surface area (Å²) >= 11 is 0. The molecule has 1 N–H and O–H groups in total. The Morgan fingerprint density at radius 2 is 1.82 bits per heavy atom. The molecule has 1 heterocycles. The lowest BCUT2D eigenvalue weighted by atomic mass is 9.98. The number of aryl methyl sites for hydroxylation is 1. The van der Waals surface area contributed by atoms with E-state index in [1.807, 2.05) is 4.68 Å². The summed E-state index contributed by atoms with van der Waals surface area (Å²) < 4.78 is 1.95. The molecule has 0 amide bonds. The maximum Gasteiger partial charge on any atom is 0.267 e. The van der Waals surface area contributed by atoms with Crippen LogP contribution >= 0.6 is 0 Å². The molecule has 0 spiro atoms. The van der Waals surface area contributed by atoms with Crippen molar-refractivity contribution in [3.8, 4) is 5.69 Å². The van der Waals surface area contributed by atoms with Gasteiger partial charge in [0.15, 0.2) is 0 Å². The zero-order valence-corrected chi connectivity index (χ0v) is 9.99. The third kappa shape index (κ3) is 1.71. The van der Waals surface area contributed by atoms with E-state index >= 15 is 0 Å². The minimum absolute atomic E-state index is 0.0836. The van der Waals surface area contributed by atoms with Gasteiger partial charge in [0.05, 0.1) is 5.69 Å². The lowest BCUT2D eigenvalue weighted by Crippen LogP contribution is -2.10. The molecule has 0 atom stereocenters. The molecule has 1 aromatic carbocycles. The standard InChI is InChI=1S/C14H16N2O/c1-10-6-8-11(9-7-10)16-13-5-3-2-4-12(13)14(17)15-16/h6-9H,2-5H2,1H3,(H,15,17). The van der Waals surface area contributed by atoms with Gasteiger partial charge in [-0.2, -0.15) is 0 Å². The molecule has 1 aliphatic rings. The lowest BCUT2D eigenvalue weighted by molar-refractivity contribution is 0.653. The van der Waals surface area contributed by atoms with Crippen molar-refractivity contribution in [3.63, 3.8) is 0 Å². The topological polar surface area (TPSA) is 37.8 Å². The molecule has 3 heteroatoms. The van der Waals surface area contributed by atoms with Gasteiger partial charge in [-0.1, -0.05) is 17.7 Å². The Morgan fingerprint density at radius 1 is 1.12 bits per heavy atom. The first-order chi connectivity index (χ1) is 8.25. The van der Waals surface area contributed by atoms with Crippen LogP contribution in [0, 0.1) is 6.92 Å². The van der Waals surface area contributed by atoms with Gasteiger partial charge < -0.3 is 0 Å². The molecule has 0 saturated heterocycles. The highest BCUT2D eigenvalue weighted by molar-refractivity contribution is 5.37. The monoisotopic (exact) mass is 228 g/mol. The predicted molar refractivity (Wildman–Crippen MR) is 67.8 cm³/mol. The number of nitrogens with one attached hydrogen (secondary N) is 1. The van der Waals surface area contributed by atoms with E-state index in [9.17, 15) is 4.79 Å². The maximum absolute atomic E-state index is 11.8. The first-order valence-corrected chi connectivity index (χ1v) is 6.15. The van der Waals surface area contributed by atoms with Crippen LogP contribution < -0.4 is 5.56 Å².